The molecule has 1 heterocycles. The predicted molar refractivity (Wildman–Crippen MR) is 116 cm³/mol. The first-order valence-electron chi connectivity index (χ1n) is 10.5. The minimum absolute atomic E-state index is 0.181. The molecule has 2 aromatic rings. The zero-order valence-corrected chi connectivity index (χ0v) is 17.6. The van der Waals surface area contributed by atoms with Crippen molar-refractivity contribution >= 4 is 29.4 Å². The highest BCUT2D eigenvalue weighted by Gasteiger charge is 2.34. The summed E-state index contributed by atoms with van der Waals surface area (Å²) in [4.78, 5) is 49.7. The number of nitrogens with one attached hydrogen (secondary N) is 1. The van der Waals surface area contributed by atoms with Gasteiger partial charge in [0, 0.05) is 18.7 Å². The summed E-state index contributed by atoms with van der Waals surface area (Å²) in [7, 11) is 0. The number of nitrogens with zero attached hydrogens (tertiary/aromatic N) is 1. The number of anilines is 1. The van der Waals surface area contributed by atoms with Crippen LogP contribution in [-0.2, 0) is 20.7 Å². The standard InChI is InChI=1S/C24H26N2O5/c1-2-17-10-5-8-13-20(17)25-21(27)16-31-22(28)14-4-3-9-15-26-23(29)18-11-6-7-12-19(18)24(26)30/h5-8,10-13H,2-4,9,14-16H2,1H3,(H,25,27). The molecule has 31 heavy (non-hydrogen) atoms. The largest absolute Gasteiger partial charge is 0.456 e. The van der Waals surface area contributed by atoms with Crippen LogP contribution in [0, 0.1) is 0 Å². The molecule has 1 N–H and O–H groups in total. The van der Waals surface area contributed by atoms with Crippen molar-refractivity contribution in [2.45, 2.75) is 39.0 Å². The Hall–Kier alpha value is -3.48. The second-order valence-corrected chi connectivity index (χ2v) is 7.34. The van der Waals surface area contributed by atoms with E-state index >= 15 is 0 Å². The van der Waals surface area contributed by atoms with Crippen LogP contribution >= 0.6 is 0 Å². The van der Waals surface area contributed by atoms with E-state index in [1.807, 2.05) is 31.2 Å². The Balaban J connectivity index is 1.32. The molecule has 2 aromatic carbocycles. The van der Waals surface area contributed by atoms with Gasteiger partial charge in [-0.05, 0) is 43.0 Å². The van der Waals surface area contributed by atoms with Gasteiger partial charge in [-0.1, -0.05) is 43.7 Å². The second-order valence-electron chi connectivity index (χ2n) is 7.34. The Morgan fingerprint density at radius 2 is 1.55 bits per heavy atom. The summed E-state index contributed by atoms with van der Waals surface area (Å²) in [6.45, 7) is 1.99. The van der Waals surface area contributed by atoms with Crippen LogP contribution in [0.1, 0.15) is 58.9 Å². The van der Waals surface area contributed by atoms with Crippen molar-refractivity contribution in [3.8, 4) is 0 Å². The second kappa shape index (κ2) is 10.5. The maximum Gasteiger partial charge on any atom is 0.306 e. The average Bonchev–Trinajstić information content (AvgIpc) is 3.03. The maximum atomic E-state index is 12.3. The molecule has 7 heteroatoms. The Kier molecular flexibility index (Phi) is 7.54. The summed E-state index contributed by atoms with van der Waals surface area (Å²) >= 11 is 0. The number of benzene rings is 2. The molecule has 0 saturated carbocycles. The maximum absolute atomic E-state index is 12.3. The molecule has 1 aliphatic rings. The highest BCUT2D eigenvalue weighted by Crippen LogP contribution is 2.22. The minimum Gasteiger partial charge on any atom is -0.456 e. The number of carbonyl (C=O) groups excluding carboxylic acids is 4. The number of unbranched alkanes of at least 4 members (excludes halogenated alkanes) is 2. The number of para-hydroxylation sites is 1. The van der Waals surface area contributed by atoms with Crippen LogP contribution in [0.15, 0.2) is 48.5 Å². The summed E-state index contributed by atoms with van der Waals surface area (Å²) < 4.78 is 5.04. The SMILES string of the molecule is CCc1ccccc1NC(=O)COC(=O)CCCCCN1C(=O)c2ccccc2C1=O. The third kappa shape index (κ3) is 5.57. The van der Waals surface area contributed by atoms with Gasteiger partial charge in [0.25, 0.3) is 17.7 Å². The topological polar surface area (TPSA) is 92.8 Å². The van der Waals surface area contributed by atoms with Gasteiger partial charge in [0.2, 0.25) is 0 Å². The third-order valence-electron chi connectivity index (χ3n) is 5.18. The summed E-state index contributed by atoms with van der Waals surface area (Å²) in [5.41, 5.74) is 2.62. The van der Waals surface area contributed by atoms with Crippen LogP contribution < -0.4 is 5.32 Å². The summed E-state index contributed by atoms with van der Waals surface area (Å²) in [6.07, 6.45) is 2.80. The molecule has 1 aliphatic heterocycles. The van der Waals surface area contributed by atoms with E-state index in [0.717, 1.165) is 17.7 Å². The highest BCUT2D eigenvalue weighted by molar-refractivity contribution is 6.21. The van der Waals surface area contributed by atoms with Crippen molar-refractivity contribution in [2.75, 3.05) is 18.5 Å². The molecule has 0 atom stereocenters. The fraction of sp³-hybridized carbons (Fsp3) is 0.333. The average molecular weight is 422 g/mol. The number of hydrogen-bond donors (Lipinski definition) is 1. The van der Waals surface area contributed by atoms with Crippen LogP contribution in [0.5, 0.6) is 0 Å². The number of rotatable bonds is 10. The molecule has 3 rings (SSSR count). The Morgan fingerprint density at radius 1 is 0.903 bits per heavy atom. The Labute approximate surface area is 181 Å². The smallest absolute Gasteiger partial charge is 0.306 e. The number of amides is 3. The normalized spacial score (nSPS) is 12.6. The van der Waals surface area contributed by atoms with E-state index in [-0.39, 0.29) is 30.7 Å². The van der Waals surface area contributed by atoms with E-state index in [1.54, 1.807) is 24.3 Å². The fourth-order valence-electron chi connectivity index (χ4n) is 3.51. The molecular formula is C24H26N2O5. The van der Waals surface area contributed by atoms with E-state index in [4.69, 9.17) is 4.74 Å². The van der Waals surface area contributed by atoms with Gasteiger partial charge in [0.1, 0.15) is 0 Å². The molecule has 162 valence electrons. The molecule has 0 fully saturated rings. The van der Waals surface area contributed by atoms with Crippen LogP contribution in [0.4, 0.5) is 5.69 Å². The first-order chi connectivity index (χ1) is 15.0. The number of imide groups is 1. The number of carbonyl (C=O) groups is 4. The van der Waals surface area contributed by atoms with Crippen LogP contribution in [0.25, 0.3) is 0 Å². The van der Waals surface area contributed by atoms with Gasteiger partial charge in [-0.2, -0.15) is 0 Å². The van der Waals surface area contributed by atoms with Gasteiger partial charge >= 0.3 is 5.97 Å². The van der Waals surface area contributed by atoms with Crippen LogP contribution in [0.3, 0.4) is 0 Å². The predicted octanol–water partition coefficient (Wildman–Crippen LogP) is 3.59. The van der Waals surface area contributed by atoms with Gasteiger partial charge in [-0.25, -0.2) is 0 Å². The molecular weight excluding hydrogens is 396 g/mol. The first kappa shape index (κ1) is 22.2. The van der Waals surface area contributed by atoms with E-state index in [0.29, 0.717) is 36.9 Å². The molecule has 0 aromatic heterocycles. The summed E-state index contributed by atoms with van der Waals surface area (Å²) in [6, 6.07) is 14.3. The number of hydrogen-bond acceptors (Lipinski definition) is 5. The van der Waals surface area contributed by atoms with E-state index < -0.39 is 5.97 Å². The van der Waals surface area contributed by atoms with Crippen molar-refractivity contribution in [2.24, 2.45) is 0 Å². The van der Waals surface area contributed by atoms with Crippen molar-refractivity contribution < 1.29 is 23.9 Å². The quantitative estimate of drug-likeness (QED) is 0.359. The third-order valence-corrected chi connectivity index (χ3v) is 5.18. The lowest BCUT2D eigenvalue weighted by Crippen LogP contribution is -2.30. The lowest BCUT2D eigenvalue weighted by molar-refractivity contribution is -0.147. The molecule has 0 saturated heterocycles. The fourth-order valence-corrected chi connectivity index (χ4v) is 3.51. The Morgan fingerprint density at radius 3 is 2.23 bits per heavy atom. The summed E-state index contributed by atoms with van der Waals surface area (Å²) in [5, 5.41) is 2.75. The molecule has 0 aliphatic carbocycles. The first-order valence-corrected chi connectivity index (χ1v) is 10.5. The van der Waals surface area contributed by atoms with Crippen molar-refractivity contribution in [1.82, 2.24) is 4.90 Å². The zero-order chi connectivity index (χ0) is 22.2. The van der Waals surface area contributed by atoms with E-state index in [1.165, 1.54) is 4.90 Å². The van der Waals surface area contributed by atoms with Crippen LogP contribution in [-0.4, -0.2) is 41.7 Å². The Bertz CT molecular complexity index is 950. The van der Waals surface area contributed by atoms with Crippen molar-refractivity contribution in [3.05, 3.63) is 65.2 Å². The van der Waals surface area contributed by atoms with Crippen molar-refractivity contribution in [3.63, 3.8) is 0 Å². The van der Waals surface area contributed by atoms with Crippen molar-refractivity contribution in [1.29, 1.82) is 0 Å². The van der Waals surface area contributed by atoms with Gasteiger partial charge < -0.3 is 10.1 Å². The molecule has 0 radical (unpaired) electrons. The lowest BCUT2D eigenvalue weighted by atomic mass is 10.1. The summed E-state index contributed by atoms with van der Waals surface area (Å²) in [5.74, 6) is -1.36. The monoisotopic (exact) mass is 422 g/mol. The molecule has 0 spiro atoms. The van der Waals surface area contributed by atoms with E-state index in [2.05, 4.69) is 5.32 Å². The number of aryl methyl sites for hydroxylation is 1. The molecule has 7 nitrogen and oxygen atoms in total. The van der Waals surface area contributed by atoms with Gasteiger partial charge in [-0.3, -0.25) is 24.1 Å². The lowest BCUT2D eigenvalue weighted by Gasteiger charge is -2.13. The van der Waals surface area contributed by atoms with Gasteiger partial charge in [0.15, 0.2) is 6.61 Å². The van der Waals surface area contributed by atoms with Crippen LogP contribution in [0.2, 0.25) is 0 Å². The number of esters is 1. The van der Waals surface area contributed by atoms with E-state index in [9.17, 15) is 19.2 Å². The molecule has 0 unspecified atom stereocenters. The number of ether oxygens (including phenoxy) is 1. The highest BCUT2D eigenvalue weighted by atomic mass is 16.5. The minimum atomic E-state index is -0.445. The van der Waals surface area contributed by atoms with Gasteiger partial charge in [-0.15, -0.1) is 0 Å². The van der Waals surface area contributed by atoms with Gasteiger partial charge in [0.05, 0.1) is 11.1 Å². The molecule has 0 bridgehead atoms. The number of fused-ring (bicyclic) bond motifs is 1. The zero-order valence-electron chi connectivity index (χ0n) is 17.6. The molecule has 3 amide bonds.